The fraction of sp³-hybridized carbons (Fsp3) is 0.357. The van der Waals surface area contributed by atoms with Crippen molar-refractivity contribution in [2.75, 3.05) is 13.7 Å². The van der Waals surface area contributed by atoms with E-state index in [0.29, 0.717) is 24.7 Å². The Morgan fingerprint density at radius 3 is 2.80 bits per heavy atom. The summed E-state index contributed by atoms with van der Waals surface area (Å²) in [5.41, 5.74) is 9.58. The Kier molecular flexibility index (Phi) is 5.39. The molecule has 0 bridgehead atoms. The van der Waals surface area contributed by atoms with Gasteiger partial charge in [-0.1, -0.05) is 0 Å². The molecule has 0 atom stereocenters. The molecule has 0 aliphatic carbocycles. The van der Waals surface area contributed by atoms with Crippen molar-refractivity contribution in [3.8, 4) is 11.5 Å². The van der Waals surface area contributed by atoms with Crippen molar-refractivity contribution in [1.29, 1.82) is 0 Å². The van der Waals surface area contributed by atoms with E-state index < -0.39 is 0 Å². The predicted molar refractivity (Wildman–Crippen MR) is 84.6 cm³/mol. The van der Waals surface area contributed by atoms with Crippen LogP contribution >= 0.6 is 27.3 Å². The van der Waals surface area contributed by atoms with Gasteiger partial charge in [0.15, 0.2) is 11.5 Å². The monoisotopic (exact) mass is 356 g/mol. The van der Waals surface area contributed by atoms with Gasteiger partial charge in [0.25, 0.3) is 0 Å². The average Bonchev–Trinajstić information content (AvgIpc) is 2.85. The van der Waals surface area contributed by atoms with Gasteiger partial charge in [-0.2, -0.15) is 0 Å². The summed E-state index contributed by atoms with van der Waals surface area (Å²) in [7, 11) is 1.63. The van der Waals surface area contributed by atoms with Gasteiger partial charge in [0, 0.05) is 17.8 Å². The van der Waals surface area contributed by atoms with E-state index in [-0.39, 0.29) is 0 Å². The third kappa shape index (κ3) is 3.50. The SMILES string of the molecule is COc1cc(CN)cc(Br)c1OCCc1scnc1C. The minimum Gasteiger partial charge on any atom is -0.493 e. The first-order valence-electron chi connectivity index (χ1n) is 6.24. The lowest BCUT2D eigenvalue weighted by Gasteiger charge is -2.13. The zero-order valence-corrected chi connectivity index (χ0v) is 13.9. The maximum atomic E-state index is 5.85. The van der Waals surface area contributed by atoms with E-state index in [0.717, 1.165) is 22.2 Å². The predicted octanol–water partition coefficient (Wildman–Crippen LogP) is 3.30. The minimum absolute atomic E-state index is 0.468. The van der Waals surface area contributed by atoms with Gasteiger partial charge in [0.05, 0.1) is 29.4 Å². The van der Waals surface area contributed by atoms with Crippen LogP contribution in [0.15, 0.2) is 22.1 Å². The van der Waals surface area contributed by atoms with Gasteiger partial charge in [-0.3, -0.25) is 0 Å². The van der Waals surface area contributed by atoms with E-state index in [1.165, 1.54) is 4.88 Å². The van der Waals surface area contributed by atoms with E-state index in [1.54, 1.807) is 18.4 Å². The summed E-state index contributed by atoms with van der Waals surface area (Å²) < 4.78 is 12.1. The molecule has 6 heteroatoms. The summed E-state index contributed by atoms with van der Waals surface area (Å²) in [5, 5.41) is 0. The Labute approximate surface area is 131 Å². The molecule has 4 nitrogen and oxygen atoms in total. The number of rotatable bonds is 6. The highest BCUT2D eigenvalue weighted by atomic mass is 79.9. The zero-order valence-electron chi connectivity index (χ0n) is 11.5. The molecule has 0 fully saturated rings. The summed E-state index contributed by atoms with van der Waals surface area (Å²) in [6.07, 6.45) is 0.838. The van der Waals surface area contributed by atoms with Crippen LogP contribution in [0.4, 0.5) is 0 Å². The van der Waals surface area contributed by atoms with E-state index >= 15 is 0 Å². The Hall–Kier alpha value is -1.11. The number of hydrogen-bond acceptors (Lipinski definition) is 5. The fourth-order valence-corrected chi connectivity index (χ4v) is 3.21. The van der Waals surface area contributed by atoms with Crippen molar-refractivity contribution >= 4 is 27.3 Å². The molecule has 2 N–H and O–H groups in total. The van der Waals surface area contributed by atoms with Crippen LogP contribution < -0.4 is 15.2 Å². The van der Waals surface area contributed by atoms with Crippen molar-refractivity contribution in [2.24, 2.45) is 5.73 Å². The molecule has 0 aliphatic rings. The Morgan fingerprint density at radius 1 is 1.40 bits per heavy atom. The highest BCUT2D eigenvalue weighted by molar-refractivity contribution is 9.10. The number of hydrogen-bond donors (Lipinski definition) is 1. The summed E-state index contributed by atoms with van der Waals surface area (Å²) in [5.74, 6) is 1.41. The van der Waals surface area contributed by atoms with Crippen LogP contribution in [0.3, 0.4) is 0 Å². The second-order valence-electron chi connectivity index (χ2n) is 4.27. The van der Waals surface area contributed by atoms with Gasteiger partial charge >= 0.3 is 0 Å². The van der Waals surface area contributed by atoms with Gasteiger partial charge in [0.1, 0.15) is 0 Å². The Bertz CT molecular complexity index is 587. The first-order valence-corrected chi connectivity index (χ1v) is 7.91. The molecule has 1 heterocycles. The minimum atomic E-state index is 0.468. The van der Waals surface area contributed by atoms with Crippen LogP contribution in [-0.2, 0) is 13.0 Å². The maximum Gasteiger partial charge on any atom is 0.175 e. The lowest BCUT2D eigenvalue weighted by atomic mass is 10.2. The molecule has 20 heavy (non-hydrogen) atoms. The van der Waals surface area contributed by atoms with E-state index in [1.807, 2.05) is 24.6 Å². The second-order valence-corrected chi connectivity index (χ2v) is 6.07. The van der Waals surface area contributed by atoms with Crippen molar-refractivity contribution < 1.29 is 9.47 Å². The quantitative estimate of drug-likeness (QED) is 0.862. The molecule has 2 aromatic rings. The normalized spacial score (nSPS) is 10.6. The summed E-state index contributed by atoms with van der Waals surface area (Å²) >= 11 is 5.16. The maximum absolute atomic E-state index is 5.85. The molecular weight excluding hydrogens is 340 g/mol. The van der Waals surface area contributed by atoms with Crippen LogP contribution in [0.1, 0.15) is 16.1 Å². The van der Waals surface area contributed by atoms with Crippen LogP contribution in [0.2, 0.25) is 0 Å². The molecule has 1 aromatic carbocycles. The highest BCUT2D eigenvalue weighted by Crippen LogP contribution is 2.36. The van der Waals surface area contributed by atoms with Crippen LogP contribution in [-0.4, -0.2) is 18.7 Å². The van der Waals surface area contributed by atoms with Crippen molar-refractivity contribution in [3.63, 3.8) is 0 Å². The average molecular weight is 357 g/mol. The number of aryl methyl sites for hydroxylation is 1. The first-order chi connectivity index (χ1) is 9.65. The summed E-state index contributed by atoms with van der Waals surface area (Å²) in [6, 6.07) is 3.86. The van der Waals surface area contributed by atoms with E-state index in [4.69, 9.17) is 15.2 Å². The van der Waals surface area contributed by atoms with Crippen LogP contribution in [0.5, 0.6) is 11.5 Å². The number of thiazole rings is 1. The van der Waals surface area contributed by atoms with Gasteiger partial charge in [0.2, 0.25) is 0 Å². The largest absolute Gasteiger partial charge is 0.493 e. The Morgan fingerprint density at radius 2 is 2.20 bits per heavy atom. The number of benzene rings is 1. The second kappa shape index (κ2) is 7.06. The standard InChI is InChI=1S/C14H17BrN2O2S/c1-9-13(20-8-17-9)3-4-19-14-11(15)5-10(7-16)6-12(14)18-2/h5-6,8H,3-4,7,16H2,1-2H3. The molecule has 0 spiro atoms. The van der Waals surface area contributed by atoms with Crippen molar-refractivity contribution in [2.45, 2.75) is 19.9 Å². The van der Waals surface area contributed by atoms with Crippen molar-refractivity contribution in [1.82, 2.24) is 4.98 Å². The fourth-order valence-electron chi connectivity index (χ4n) is 1.84. The van der Waals surface area contributed by atoms with Crippen LogP contribution in [0.25, 0.3) is 0 Å². The molecular formula is C14H17BrN2O2S. The molecule has 2 rings (SSSR count). The summed E-state index contributed by atoms with van der Waals surface area (Å²) in [6.45, 7) is 3.06. The molecule has 0 radical (unpaired) electrons. The Balaban J connectivity index is 2.07. The number of halogens is 1. The molecule has 0 saturated heterocycles. The topological polar surface area (TPSA) is 57.4 Å². The summed E-state index contributed by atoms with van der Waals surface area (Å²) in [4.78, 5) is 5.48. The van der Waals surface area contributed by atoms with Gasteiger partial charge < -0.3 is 15.2 Å². The van der Waals surface area contributed by atoms with Gasteiger partial charge in [-0.05, 0) is 40.5 Å². The molecule has 0 saturated carbocycles. The van der Waals surface area contributed by atoms with Crippen molar-refractivity contribution in [3.05, 3.63) is 38.3 Å². The smallest absolute Gasteiger partial charge is 0.175 e. The number of methoxy groups -OCH3 is 1. The molecule has 0 unspecified atom stereocenters. The number of nitrogens with two attached hydrogens (primary N) is 1. The lowest BCUT2D eigenvalue weighted by molar-refractivity contribution is 0.296. The van der Waals surface area contributed by atoms with Gasteiger partial charge in [-0.15, -0.1) is 11.3 Å². The lowest BCUT2D eigenvalue weighted by Crippen LogP contribution is -2.04. The first kappa shape index (κ1) is 15.3. The highest BCUT2D eigenvalue weighted by Gasteiger charge is 2.12. The third-order valence-corrected chi connectivity index (χ3v) is 4.53. The van der Waals surface area contributed by atoms with Crippen LogP contribution in [0, 0.1) is 6.92 Å². The molecule has 0 aliphatic heterocycles. The van der Waals surface area contributed by atoms with Gasteiger partial charge in [-0.25, -0.2) is 4.98 Å². The zero-order chi connectivity index (χ0) is 14.5. The molecule has 0 amide bonds. The number of aromatic nitrogens is 1. The van der Waals surface area contributed by atoms with E-state index in [9.17, 15) is 0 Å². The molecule has 108 valence electrons. The molecule has 1 aromatic heterocycles. The van der Waals surface area contributed by atoms with E-state index in [2.05, 4.69) is 20.9 Å². The number of nitrogens with zero attached hydrogens (tertiary/aromatic N) is 1. The number of ether oxygens (including phenoxy) is 2. The third-order valence-electron chi connectivity index (χ3n) is 2.95.